The summed E-state index contributed by atoms with van der Waals surface area (Å²) in [5, 5.41) is 4.73. The van der Waals surface area contributed by atoms with Crippen LogP contribution in [-0.2, 0) is 4.74 Å². The fraction of sp³-hybridized carbons (Fsp3) is 0.500. The smallest absolute Gasteiger partial charge is 0.137 e. The number of nitrogens with one attached hydrogen (secondary N) is 1. The summed E-state index contributed by atoms with van der Waals surface area (Å²) >= 11 is 0. The zero-order chi connectivity index (χ0) is 13.9. The van der Waals surface area contributed by atoms with Gasteiger partial charge in [0, 0.05) is 18.5 Å². The van der Waals surface area contributed by atoms with E-state index in [9.17, 15) is 0 Å². The molecule has 0 aliphatic heterocycles. The molecule has 0 radical (unpaired) electrons. The molecule has 106 valence electrons. The second-order valence-electron chi connectivity index (χ2n) is 5.56. The van der Waals surface area contributed by atoms with E-state index in [2.05, 4.69) is 28.3 Å². The molecule has 1 aromatic carbocycles. The van der Waals surface area contributed by atoms with Crippen molar-refractivity contribution >= 4 is 16.7 Å². The van der Waals surface area contributed by atoms with Crippen molar-refractivity contribution in [3.8, 4) is 0 Å². The summed E-state index contributed by atoms with van der Waals surface area (Å²) in [6, 6.07) is 6.62. The highest BCUT2D eigenvalue weighted by atomic mass is 16.5. The third kappa shape index (κ3) is 2.61. The number of ether oxygens (including phenoxy) is 1. The molecule has 0 spiro atoms. The standard InChI is InChI=1S/C16H21N3O/c1-11-5-3-8-14-15(11)16(18-10-17-14)19-12-6-4-7-13(9-12)20-2/h3,5,8,10,12-13H,4,6-7,9H2,1-2H3,(H,17,18,19). The van der Waals surface area contributed by atoms with Crippen molar-refractivity contribution in [2.24, 2.45) is 0 Å². The molecule has 0 bridgehead atoms. The Bertz CT molecular complexity index is 594. The van der Waals surface area contributed by atoms with Gasteiger partial charge in [0.2, 0.25) is 0 Å². The van der Waals surface area contributed by atoms with E-state index in [1.54, 1.807) is 13.4 Å². The highest BCUT2D eigenvalue weighted by Gasteiger charge is 2.22. The van der Waals surface area contributed by atoms with Crippen LogP contribution in [0.1, 0.15) is 31.2 Å². The summed E-state index contributed by atoms with van der Waals surface area (Å²) in [4.78, 5) is 8.80. The lowest BCUT2D eigenvalue weighted by molar-refractivity contribution is 0.0669. The first-order valence-corrected chi connectivity index (χ1v) is 7.27. The number of hydrogen-bond acceptors (Lipinski definition) is 4. The minimum Gasteiger partial charge on any atom is -0.381 e. The molecule has 2 aromatic rings. The van der Waals surface area contributed by atoms with Crippen LogP contribution in [0.15, 0.2) is 24.5 Å². The molecule has 1 aromatic heterocycles. The Morgan fingerprint density at radius 3 is 3.00 bits per heavy atom. The van der Waals surface area contributed by atoms with Crippen molar-refractivity contribution in [1.82, 2.24) is 9.97 Å². The monoisotopic (exact) mass is 271 g/mol. The van der Waals surface area contributed by atoms with Gasteiger partial charge in [-0.3, -0.25) is 0 Å². The van der Waals surface area contributed by atoms with E-state index in [1.165, 1.54) is 18.4 Å². The lowest BCUT2D eigenvalue weighted by Crippen LogP contribution is -2.31. The normalized spacial score (nSPS) is 22.9. The van der Waals surface area contributed by atoms with Crippen LogP contribution in [0.3, 0.4) is 0 Å². The van der Waals surface area contributed by atoms with Gasteiger partial charge in [0.15, 0.2) is 0 Å². The van der Waals surface area contributed by atoms with Crippen LogP contribution < -0.4 is 5.32 Å². The van der Waals surface area contributed by atoms with Gasteiger partial charge in [-0.15, -0.1) is 0 Å². The Kier molecular flexibility index (Phi) is 3.83. The number of methoxy groups -OCH3 is 1. The van der Waals surface area contributed by atoms with Gasteiger partial charge in [-0.2, -0.15) is 0 Å². The molecule has 4 nitrogen and oxygen atoms in total. The Labute approximate surface area is 119 Å². The number of rotatable bonds is 3. The Morgan fingerprint density at radius 2 is 2.15 bits per heavy atom. The minimum absolute atomic E-state index is 0.371. The Hall–Kier alpha value is -1.68. The summed E-state index contributed by atoms with van der Waals surface area (Å²) in [5.74, 6) is 0.954. The third-order valence-corrected chi connectivity index (χ3v) is 4.17. The van der Waals surface area contributed by atoms with Crippen LogP contribution in [0.25, 0.3) is 10.9 Å². The number of hydrogen-bond donors (Lipinski definition) is 1. The van der Waals surface area contributed by atoms with Crippen LogP contribution in [0, 0.1) is 6.92 Å². The molecular formula is C16H21N3O. The van der Waals surface area contributed by atoms with Gasteiger partial charge in [0.05, 0.1) is 11.6 Å². The average molecular weight is 271 g/mol. The van der Waals surface area contributed by atoms with E-state index in [4.69, 9.17) is 4.74 Å². The molecule has 2 unspecified atom stereocenters. The first-order valence-electron chi connectivity index (χ1n) is 7.27. The van der Waals surface area contributed by atoms with Gasteiger partial charge in [0.25, 0.3) is 0 Å². The number of aromatic nitrogens is 2. The fourth-order valence-electron chi connectivity index (χ4n) is 3.07. The van der Waals surface area contributed by atoms with Crippen molar-refractivity contribution in [2.75, 3.05) is 12.4 Å². The highest BCUT2D eigenvalue weighted by Crippen LogP contribution is 2.27. The molecule has 4 heteroatoms. The largest absolute Gasteiger partial charge is 0.381 e. The van der Waals surface area contributed by atoms with Crippen LogP contribution in [0.2, 0.25) is 0 Å². The molecule has 3 rings (SSSR count). The maximum absolute atomic E-state index is 5.50. The van der Waals surface area contributed by atoms with Crippen molar-refractivity contribution in [1.29, 1.82) is 0 Å². The van der Waals surface area contributed by atoms with Crippen LogP contribution in [-0.4, -0.2) is 29.2 Å². The molecule has 1 fully saturated rings. The van der Waals surface area contributed by atoms with Gasteiger partial charge in [-0.1, -0.05) is 12.1 Å². The van der Waals surface area contributed by atoms with Gasteiger partial charge in [0.1, 0.15) is 12.1 Å². The first-order chi connectivity index (χ1) is 9.78. The van der Waals surface area contributed by atoms with E-state index in [1.807, 2.05) is 12.1 Å². The maximum atomic E-state index is 5.50. The second kappa shape index (κ2) is 5.75. The minimum atomic E-state index is 0.371. The number of aryl methyl sites for hydroxylation is 1. The lowest BCUT2D eigenvalue weighted by Gasteiger charge is -2.29. The molecule has 1 heterocycles. The molecule has 1 aliphatic carbocycles. The highest BCUT2D eigenvalue weighted by molar-refractivity contribution is 5.91. The predicted octanol–water partition coefficient (Wildman–Crippen LogP) is 3.31. The summed E-state index contributed by atoms with van der Waals surface area (Å²) in [6.45, 7) is 2.11. The summed E-state index contributed by atoms with van der Waals surface area (Å²) in [5.41, 5.74) is 2.21. The zero-order valence-corrected chi connectivity index (χ0v) is 12.1. The lowest BCUT2D eigenvalue weighted by atomic mass is 9.92. The summed E-state index contributed by atoms with van der Waals surface area (Å²) in [7, 11) is 1.80. The maximum Gasteiger partial charge on any atom is 0.137 e. The number of benzene rings is 1. The van der Waals surface area contributed by atoms with E-state index in [-0.39, 0.29) is 0 Å². The fourth-order valence-corrected chi connectivity index (χ4v) is 3.07. The molecule has 1 aliphatic rings. The topological polar surface area (TPSA) is 47.0 Å². The molecule has 0 amide bonds. The van der Waals surface area contributed by atoms with Crippen molar-refractivity contribution in [3.63, 3.8) is 0 Å². The number of nitrogens with zero attached hydrogens (tertiary/aromatic N) is 2. The van der Waals surface area contributed by atoms with Gasteiger partial charge >= 0.3 is 0 Å². The van der Waals surface area contributed by atoms with Crippen molar-refractivity contribution in [3.05, 3.63) is 30.1 Å². The number of fused-ring (bicyclic) bond motifs is 1. The van der Waals surface area contributed by atoms with Gasteiger partial charge < -0.3 is 10.1 Å². The van der Waals surface area contributed by atoms with Crippen molar-refractivity contribution in [2.45, 2.75) is 44.8 Å². The summed E-state index contributed by atoms with van der Waals surface area (Å²) < 4.78 is 5.50. The van der Waals surface area contributed by atoms with Gasteiger partial charge in [-0.25, -0.2) is 9.97 Å². The van der Waals surface area contributed by atoms with Crippen LogP contribution in [0.5, 0.6) is 0 Å². The van der Waals surface area contributed by atoms with Crippen LogP contribution in [0.4, 0.5) is 5.82 Å². The zero-order valence-electron chi connectivity index (χ0n) is 12.1. The molecule has 1 N–H and O–H groups in total. The van der Waals surface area contributed by atoms with Crippen molar-refractivity contribution < 1.29 is 4.74 Å². The van der Waals surface area contributed by atoms with E-state index in [0.717, 1.165) is 29.6 Å². The SMILES string of the molecule is COC1CCCC(Nc2ncnc3cccc(C)c23)C1. The molecule has 1 saturated carbocycles. The average Bonchev–Trinajstić information content (AvgIpc) is 2.48. The van der Waals surface area contributed by atoms with Gasteiger partial charge in [-0.05, 0) is 44.2 Å². The third-order valence-electron chi connectivity index (χ3n) is 4.17. The quantitative estimate of drug-likeness (QED) is 0.930. The Balaban J connectivity index is 1.87. The Morgan fingerprint density at radius 1 is 1.25 bits per heavy atom. The van der Waals surface area contributed by atoms with E-state index in [0.29, 0.717) is 12.1 Å². The molecule has 2 atom stereocenters. The van der Waals surface area contributed by atoms with E-state index < -0.39 is 0 Å². The second-order valence-corrected chi connectivity index (χ2v) is 5.56. The predicted molar refractivity (Wildman–Crippen MR) is 81.0 cm³/mol. The first kappa shape index (κ1) is 13.3. The molecule has 0 saturated heterocycles. The molecular weight excluding hydrogens is 250 g/mol. The summed E-state index contributed by atoms with van der Waals surface area (Å²) in [6.07, 6.45) is 6.61. The molecule has 20 heavy (non-hydrogen) atoms. The number of anilines is 1. The van der Waals surface area contributed by atoms with E-state index >= 15 is 0 Å². The van der Waals surface area contributed by atoms with Crippen LogP contribution >= 0.6 is 0 Å².